The van der Waals surface area contributed by atoms with Gasteiger partial charge in [0.25, 0.3) is 0 Å². The van der Waals surface area contributed by atoms with Crippen molar-refractivity contribution in [1.82, 2.24) is 30.3 Å². The topological polar surface area (TPSA) is 111 Å². The van der Waals surface area contributed by atoms with Crippen molar-refractivity contribution in [2.24, 2.45) is 0 Å². The van der Waals surface area contributed by atoms with Crippen LogP contribution in [0.1, 0.15) is 12.8 Å². The highest BCUT2D eigenvalue weighted by Crippen LogP contribution is 2.19. The number of nitrogens with one attached hydrogen (secondary N) is 2. The molecule has 3 rings (SSSR count). The Hall–Kier alpha value is -3.23. The van der Waals surface area contributed by atoms with E-state index < -0.39 is 0 Å². The largest absolute Gasteiger partial charge is 0.421 e. The first-order valence-electron chi connectivity index (χ1n) is 7.40. The van der Waals surface area contributed by atoms with Crippen LogP contribution in [0.5, 0.6) is 0 Å². The number of anilines is 1. The summed E-state index contributed by atoms with van der Waals surface area (Å²) in [6.07, 6.45) is 3.06. The van der Waals surface area contributed by atoms with Crippen LogP contribution >= 0.6 is 0 Å². The molecule has 2 aromatic heterocycles. The molecule has 2 heterocycles. The number of amides is 2. The first-order chi connectivity index (χ1) is 11.6. The van der Waals surface area contributed by atoms with Crippen LogP contribution in [0.4, 0.5) is 10.5 Å². The first-order valence-corrected chi connectivity index (χ1v) is 7.40. The molecular formula is C15H17N7O2. The van der Waals surface area contributed by atoms with Crippen LogP contribution in [0.25, 0.3) is 11.5 Å². The molecule has 124 valence electrons. The quantitative estimate of drug-likeness (QED) is 0.740. The number of nitrogens with zero attached hydrogens (tertiary/aromatic N) is 5. The van der Waals surface area contributed by atoms with Gasteiger partial charge in [0.15, 0.2) is 0 Å². The van der Waals surface area contributed by atoms with Gasteiger partial charge in [0.1, 0.15) is 12.7 Å². The molecule has 0 aliphatic heterocycles. The molecular weight excluding hydrogens is 310 g/mol. The van der Waals surface area contributed by atoms with Crippen molar-refractivity contribution in [3.05, 3.63) is 42.8 Å². The molecule has 0 saturated carbocycles. The van der Waals surface area contributed by atoms with Gasteiger partial charge in [0.05, 0.1) is 6.54 Å². The van der Waals surface area contributed by atoms with Gasteiger partial charge in [-0.05, 0) is 31.2 Å². The minimum absolute atomic E-state index is 0.0904. The SMILES string of the molecule is Cc1nnc(-c2ccc(NC(=O)N[C@@H](C)Cn3cncn3)cc2)o1. The fraction of sp³-hybridized carbons (Fsp3) is 0.267. The van der Waals surface area contributed by atoms with Gasteiger partial charge in [0, 0.05) is 24.2 Å². The summed E-state index contributed by atoms with van der Waals surface area (Å²) in [5.41, 5.74) is 1.46. The van der Waals surface area contributed by atoms with Gasteiger partial charge in [-0.1, -0.05) is 0 Å². The molecule has 2 N–H and O–H groups in total. The smallest absolute Gasteiger partial charge is 0.319 e. The standard InChI is InChI=1S/C15H17N7O2/c1-10(7-22-9-16-8-17-22)18-15(23)19-13-5-3-12(4-6-13)14-21-20-11(2)24-14/h3-6,8-10H,7H2,1-2H3,(H2,18,19,23)/t10-/m0/s1. The van der Waals surface area contributed by atoms with Crippen molar-refractivity contribution in [3.63, 3.8) is 0 Å². The van der Waals surface area contributed by atoms with Crippen molar-refractivity contribution >= 4 is 11.7 Å². The molecule has 3 aromatic rings. The third-order valence-corrected chi connectivity index (χ3v) is 3.22. The molecule has 1 atom stereocenters. The molecule has 0 aliphatic rings. The molecule has 0 aliphatic carbocycles. The van der Waals surface area contributed by atoms with Crippen molar-refractivity contribution < 1.29 is 9.21 Å². The zero-order valence-corrected chi connectivity index (χ0v) is 13.3. The molecule has 0 bridgehead atoms. The third kappa shape index (κ3) is 3.94. The molecule has 9 nitrogen and oxygen atoms in total. The Morgan fingerprint density at radius 1 is 1.29 bits per heavy atom. The second kappa shape index (κ2) is 6.90. The van der Waals surface area contributed by atoms with Crippen LogP contribution in [0.3, 0.4) is 0 Å². The van der Waals surface area contributed by atoms with Crippen molar-refractivity contribution in [2.45, 2.75) is 26.4 Å². The minimum Gasteiger partial charge on any atom is -0.421 e. The maximum absolute atomic E-state index is 12.0. The fourth-order valence-electron chi connectivity index (χ4n) is 2.15. The summed E-state index contributed by atoms with van der Waals surface area (Å²) >= 11 is 0. The van der Waals surface area contributed by atoms with E-state index in [2.05, 4.69) is 30.9 Å². The highest BCUT2D eigenvalue weighted by molar-refractivity contribution is 5.89. The maximum Gasteiger partial charge on any atom is 0.319 e. The number of aryl methyl sites for hydroxylation is 1. The van der Waals surface area contributed by atoms with Crippen LogP contribution in [-0.4, -0.2) is 37.0 Å². The molecule has 1 aromatic carbocycles. The minimum atomic E-state index is -0.288. The molecule has 0 saturated heterocycles. The van der Waals surface area contributed by atoms with E-state index in [9.17, 15) is 4.79 Å². The average Bonchev–Trinajstić information content (AvgIpc) is 3.19. The van der Waals surface area contributed by atoms with E-state index >= 15 is 0 Å². The van der Waals surface area contributed by atoms with E-state index in [-0.39, 0.29) is 12.1 Å². The zero-order chi connectivity index (χ0) is 16.9. The summed E-state index contributed by atoms with van der Waals surface area (Å²) in [5, 5.41) is 17.4. The Bertz CT molecular complexity index is 796. The Balaban J connectivity index is 1.54. The lowest BCUT2D eigenvalue weighted by Gasteiger charge is -2.14. The number of carbonyl (C=O) groups excluding carboxylic acids is 1. The van der Waals surface area contributed by atoms with Crippen LogP contribution < -0.4 is 10.6 Å². The molecule has 0 radical (unpaired) electrons. The van der Waals surface area contributed by atoms with Gasteiger partial charge in [-0.2, -0.15) is 5.10 Å². The van der Waals surface area contributed by atoms with Crippen molar-refractivity contribution in [2.75, 3.05) is 5.32 Å². The maximum atomic E-state index is 12.0. The lowest BCUT2D eigenvalue weighted by molar-refractivity contribution is 0.247. The molecule has 9 heteroatoms. The molecule has 0 unspecified atom stereocenters. The lowest BCUT2D eigenvalue weighted by atomic mass is 10.2. The number of aromatic nitrogens is 5. The van der Waals surface area contributed by atoms with E-state index in [0.717, 1.165) is 5.56 Å². The molecule has 0 fully saturated rings. The van der Waals surface area contributed by atoms with E-state index in [1.165, 1.54) is 6.33 Å². The van der Waals surface area contributed by atoms with Crippen LogP contribution in [0.15, 0.2) is 41.3 Å². The second-order valence-corrected chi connectivity index (χ2v) is 5.32. The summed E-state index contributed by atoms with van der Waals surface area (Å²) in [4.78, 5) is 15.9. The van der Waals surface area contributed by atoms with E-state index in [0.29, 0.717) is 24.0 Å². The van der Waals surface area contributed by atoms with Crippen molar-refractivity contribution in [1.29, 1.82) is 0 Å². The number of benzene rings is 1. The van der Waals surface area contributed by atoms with Gasteiger partial charge in [0.2, 0.25) is 11.8 Å². The zero-order valence-electron chi connectivity index (χ0n) is 13.3. The van der Waals surface area contributed by atoms with E-state index in [1.807, 2.05) is 6.92 Å². The van der Waals surface area contributed by atoms with Crippen LogP contribution in [0.2, 0.25) is 0 Å². The summed E-state index contributed by atoms with van der Waals surface area (Å²) in [5.74, 6) is 0.956. The summed E-state index contributed by atoms with van der Waals surface area (Å²) in [7, 11) is 0. The Morgan fingerprint density at radius 2 is 2.08 bits per heavy atom. The average molecular weight is 327 g/mol. The molecule has 2 amide bonds. The Labute approximate surface area is 138 Å². The van der Waals surface area contributed by atoms with E-state index in [4.69, 9.17) is 4.42 Å². The first kappa shape index (κ1) is 15.7. The normalized spacial score (nSPS) is 11.9. The number of hydrogen-bond acceptors (Lipinski definition) is 6. The number of urea groups is 1. The number of carbonyl (C=O) groups is 1. The van der Waals surface area contributed by atoms with Gasteiger partial charge in [-0.25, -0.2) is 9.78 Å². The van der Waals surface area contributed by atoms with Gasteiger partial charge < -0.3 is 15.1 Å². The summed E-state index contributed by atoms with van der Waals surface area (Å²) < 4.78 is 7.02. The third-order valence-electron chi connectivity index (χ3n) is 3.22. The summed E-state index contributed by atoms with van der Waals surface area (Å²) in [6.45, 7) is 4.17. The predicted molar refractivity (Wildman–Crippen MR) is 86.1 cm³/mol. The van der Waals surface area contributed by atoms with Crippen molar-refractivity contribution in [3.8, 4) is 11.5 Å². The monoisotopic (exact) mass is 327 g/mol. The number of hydrogen-bond donors (Lipinski definition) is 2. The second-order valence-electron chi connectivity index (χ2n) is 5.32. The highest BCUT2D eigenvalue weighted by Gasteiger charge is 2.10. The predicted octanol–water partition coefficient (Wildman–Crippen LogP) is 1.85. The Kier molecular flexibility index (Phi) is 4.50. The van der Waals surface area contributed by atoms with Gasteiger partial charge in [-0.15, -0.1) is 10.2 Å². The number of rotatable bonds is 5. The van der Waals surface area contributed by atoms with Gasteiger partial charge in [-0.3, -0.25) is 4.68 Å². The molecule has 24 heavy (non-hydrogen) atoms. The highest BCUT2D eigenvalue weighted by atomic mass is 16.4. The molecule has 0 spiro atoms. The van der Waals surface area contributed by atoms with Crippen LogP contribution in [-0.2, 0) is 6.54 Å². The summed E-state index contributed by atoms with van der Waals surface area (Å²) in [6, 6.07) is 6.78. The van der Waals surface area contributed by atoms with Gasteiger partial charge >= 0.3 is 6.03 Å². The fourth-order valence-corrected chi connectivity index (χ4v) is 2.15. The van der Waals surface area contributed by atoms with Crippen LogP contribution in [0, 0.1) is 6.92 Å². The Morgan fingerprint density at radius 3 is 2.71 bits per heavy atom. The van der Waals surface area contributed by atoms with E-state index in [1.54, 1.807) is 42.2 Å². The lowest BCUT2D eigenvalue weighted by Crippen LogP contribution is -2.38.